The van der Waals surface area contributed by atoms with Gasteiger partial charge in [-0.15, -0.1) is 0 Å². The molecule has 0 saturated carbocycles. The molecule has 5 heteroatoms. The van der Waals surface area contributed by atoms with Gasteiger partial charge in [0.2, 0.25) is 0 Å². The number of carbonyl (C=O) groups is 1. The van der Waals surface area contributed by atoms with Crippen LogP contribution >= 0.6 is 0 Å². The summed E-state index contributed by atoms with van der Waals surface area (Å²) in [4.78, 5) is 12.4. The molecule has 0 heterocycles. The highest BCUT2D eigenvalue weighted by Crippen LogP contribution is 2.23. The normalized spacial score (nSPS) is 11.2. The van der Waals surface area contributed by atoms with Crippen molar-refractivity contribution in [2.24, 2.45) is 5.73 Å². The third-order valence-corrected chi connectivity index (χ3v) is 4.08. The van der Waals surface area contributed by atoms with Crippen molar-refractivity contribution in [1.29, 1.82) is 5.41 Å². The van der Waals surface area contributed by atoms with Gasteiger partial charge in [-0.1, -0.05) is 61.9 Å². The van der Waals surface area contributed by atoms with E-state index in [1.807, 2.05) is 30.3 Å². The van der Waals surface area contributed by atoms with Gasteiger partial charge in [0.15, 0.2) is 7.28 Å². The van der Waals surface area contributed by atoms with Crippen LogP contribution in [-0.2, 0) is 0 Å². The maximum Gasteiger partial charge on any atom is 0.343 e. The first-order chi connectivity index (χ1) is 12.7. The van der Waals surface area contributed by atoms with E-state index in [4.69, 9.17) is 15.9 Å². The number of rotatable bonds is 4. The van der Waals surface area contributed by atoms with Gasteiger partial charge in [-0.3, -0.25) is 5.41 Å². The van der Waals surface area contributed by atoms with E-state index in [1.165, 1.54) is 0 Å². The number of fused-ring (bicyclic) bond motifs is 1. The van der Waals surface area contributed by atoms with Gasteiger partial charge < -0.3 is 10.5 Å². The molecule has 0 aliphatic heterocycles. The Morgan fingerprint density at radius 3 is 2.15 bits per heavy atom. The van der Waals surface area contributed by atoms with Crippen LogP contribution in [0.4, 0.5) is 0 Å². The Kier molecular flexibility index (Phi) is 5.04. The zero-order chi connectivity index (χ0) is 19.6. The average molecular weight is 357 g/mol. The Bertz CT molecular complexity index is 1000. The van der Waals surface area contributed by atoms with Crippen LogP contribution in [0, 0.1) is 5.41 Å². The highest BCUT2D eigenvalue weighted by atomic mass is 16.5. The maximum absolute atomic E-state index is 12.4. The SMILES string of the molecule is CC(C)(C)[B]c1ccc(C(=O)Oc2ccc3cc(C(=N)N)ccc3c2)cc1. The van der Waals surface area contributed by atoms with Gasteiger partial charge in [0.25, 0.3) is 0 Å². The first kappa shape index (κ1) is 18.7. The maximum atomic E-state index is 12.4. The number of hydrogen-bond donors (Lipinski definition) is 2. The van der Waals surface area contributed by atoms with Gasteiger partial charge in [0.05, 0.1) is 5.56 Å². The first-order valence-electron chi connectivity index (χ1n) is 8.78. The van der Waals surface area contributed by atoms with Crippen LogP contribution in [0.5, 0.6) is 5.75 Å². The van der Waals surface area contributed by atoms with Crippen molar-refractivity contribution in [3.8, 4) is 5.75 Å². The van der Waals surface area contributed by atoms with Crippen molar-refractivity contribution in [1.82, 2.24) is 0 Å². The average Bonchev–Trinajstić information content (AvgIpc) is 2.60. The quantitative estimate of drug-likeness (QED) is 0.245. The van der Waals surface area contributed by atoms with E-state index in [1.54, 1.807) is 30.3 Å². The zero-order valence-corrected chi connectivity index (χ0v) is 15.7. The topological polar surface area (TPSA) is 76.2 Å². The molecule has 0 atom stereocenters. The van der Waals surface area contributed by atoms with Gasteiger partial charge in [-0.25, -0.2) is 4.79 Å². The number of carbonyl (C=O) groups excluding carboxylic acids is 1. The molecule has 3 aromatic carbocycles. The Balaban J connectivity index is 1.75. The minimum Gasteiger partial charge on any atom is -0.423 e. The second kappa shape index (κ2) is 7.27. The van der Waals surface area contributed by atoms with Crippen LogP contribution in [0.25, 0.3) is 10.8 Å². The van der Waals surface area contributed by atoms with Gasteiger partial charge in [-0.2, -0.15) is 0 Å². The lowest BCUT2D eigenvalue weighted by molar-refractivity contribution is 0.0735. The number of nitrogens with one attached hydrogen (secondary N) is 1. The molecule has 0 unspecified atom stereocenters. The summed E-state index contributed by atoms with van der Waals surface area (Å²) in [5, 5.41) is 9.44. The molecule has 135 valence electrons. The van der Waals surface area contributed by atoms with E-state index >= 15 is 0 Å². The monoisotopic (exact) mass is 357 g/mol. The predicted octanol–water partition coefficient (Wildman–Crippen LogP) is 3.89. The summed E-state index contributed by atoms with van der Waals surface area (Å²) in [6.07, 6.45) is 0. The van der Waals surface area contributed by atoms with Crippen molar-refractivity contribution in [2.75, 3.05) is 0 Å². The highest BCUT2D eigenvalue weighted by molar-refractivity contribution is 6.56. The Labute approximate surface area is 160 Å². The number of benzene rings is 3. The van der Waals surface area contributed by atoms with Crippen molar-refractivity contribution >= 4 is 35.3 Å². The molecule has 3 aromatic rings. The summed E-state index contributed by atoms with van der Waals surface area (Å²) in [5.74, 6) is 0.116. The van der Waals surface area contributed by atoms with E-state index in [9.17, 15) is 4.79 Å². The highest BCUT2D eigenvalue weighted by Gasteiger charge is 2.14. The molecule has 0 amide bonds. The van der Waals surface area contributed by atoms with E-state index in [0.29, 0.717) is 16.9 Å². The lowest BCUT2D eigenvalue weighted by Crippen LogP contribution is -2.23. The fraction of sp³-hybridized carbons (Fsp3) is 0.182. The molecule has 0 aliphatic carbocycles. The predicted molar refractivity (Wildman–Crippen MR) is 111 cm³/mol. The Hall–Kier alpha value is -3.08. The minimum absolute atomic E-state index is 0.0274. The Morgan fingerprint density at radius 1 is 0.926 bits per heavy atom. The summed E-state index contributed by atoms with van der Waals surface area (Å²) in [6.45, 7) is 6.40. The third kappa shape index (κ3) is 4.76. The van der Waals surface area contributed by atoms with Crippen LogP contribution in [0.1, 0.15) is 36.7 Å². The zero-order valence-electron chi connectivity index (χ0n) is 15.7. The third-order valence-electron chi connectivity index (χ3n) is 4.08. The van der Waals surface area contributed by atoms with Crippen molar-refractivity contribution in [2.45, 2.75) is 26.1 Å². The molecule has 0 fully saturated rings. The summed E-state index contributed by atoms with van der Waals surface area (Å²) < 4.78 is 5.51. The number of nitrogens with two attached hydrogens (primary N) is 1. The molecule has 0 spiro atoms. The van der Waals surface area contributed by atoms with Gasteiger partial charge in [0.1, 0.15) is 11.6 Å². The lowest BCUT2D eigenvalue weighted by atomic mass is 9.51. The molecule has 4 nitrogen and oxygen atoms in total. The minimum atomic E-state index is -0.392. The van der Waals surface area contributed by atoms with E-state index in [0.717, 1.165) is 16.2 Å². The smallest absolute Gasteiger partial charge is 0.343 e. The summed E-state index contributed by atoms with van der Waals surface area (Å²) in [5.41, 5.74) is 7.77. The van der Waals surface area contributed by atoms with E-state index in [2.05, 4.69) is 28.1 Å². The van der Waals surface area contributed by atoms with Crippen molar-refractivity contribution in [3.63, 3.8) is 0 Å². The molecule has 0 saturated heterocycles. The largest absolute Gasteiger partial charge is 0.423 e. The molecule has 3 rings (SSSR count). The molecular weight excluding hydrogens is 335 g/mol. The second-order valence-corrected chi connectivity index (χ2v) is 7.66. The van der Waals surface area contributed by atoms with Crippen LogP contribution in [0.2, 0.25) is 5.31 Å². The molecule has 1 radical (unpaired) electrons. The van der Waals surface area contributed by atoms with Crippen LogP contribution < -0.4 is 15.9 Å². The van der Waals surface area contributed by atoms with Crippen LogP contribution in [-0.4, -0.2) is 19.1 Å². The Morgan fingerprint density at radius 2 is 1.52 bits per heavy atom. The van der Waals surface area contributed by atoms with Gasteiger partial charge in [0, 0.05) is 5.56 Å². The molecule has 0 aromatic heterocycles. The fourth-order valence-electron chi connectivity index (χ4n) is 2.84. The number of nitrogen functional groups attached to an aromatic ring is 1. The number of esters is 1. The van der Waals surface area contributed by atoms with Crippen molar-refractivity contribution in [3.05, 3.63) is 71.8 Å². The molecule has 27 heavy (non-hydrogen) atoms. The summed E-state index contributed by atoms with van der Waals surface area (Å²) in [6, 6.07) is 18.3. The van der Waals surface area contributed by atoms with Crippen molar-refractivity contribution < 1.29 is 9.53 Å². The molecular formula is C22H22BN2O2. The van der Waals surface area contributed by atoms with Crippen LogP contribution in [0.3, 0.4) is 0 Å². The van der Waals surface area contributed by atoms with E-state index in [-0.39, 0.29) is 11.1 Å². The molecule has 3 N–H and O–H groups in total. The van der Waals surface area contributed by atoms with Crippen LogP contribution in [0.15, 0.2) is 60.7 Å². The number of amidine groups is 1. The van der Waals surface area contributed by atoms with E-state index < -0.39 is 5.97 Å². The number of ether oxygens (including phenoxy) is 1. The lowest BCUT2D eigenvalue weighted by Gasteiger charge is -2.16. The number of hydrogen-bond acceptors (Lipinski definition) is 3. The second-order valence-electron chi connectivity index (χ2n) is 7.66. The summed E-state index contributed by atoms with van der Waals surface area (Å²) >= 11 is 0. The molecule has 0 aliphatic rings. The first-order valence-corrected chi connectivity index (χ1v) is 8.78. The van der Waals surface area contributed by atoms with Gasteiger partial charge >= 0.3 is 5.97 Å². The molecule has 0 bridgehead atoms. The standard InChI is InChI=1S/C22H22BN2O2/c1-22(2,3)23-18-9-6-14(7-10-18)21(26)27-19-11-8-15-12-17(20(24)25)5-4-16(15)13-19/h4-13H,1-3H3,(H3,24,25). The van der Waals surface area contributed by atoms with Gasteiger partial charge in [-0.05, 0) is 41.1 Å². The fourth-order valence-corrected chi connectivity index (χ4v) is 2.84. The summed E-state index contributed by atoms with van der Waals surface area (Å²) in [7, 11) is 2.15.